The topological polar surface area (TPSA) is 32.7 Å². The molecule has 0 aromatic heterocycles. The standard InChI is InChI=1S/C21H25NO2/c1-16-6-5-9-18(10-16)21(23)11-19-14-24-15-20(12-21)22(19)13-17-7-3-2-4-8-17/h2-10,19-20,23H,11-15H2,1H3. The van der Waals surface area contributed by atoms with Gasteiger partial charge in [0.1, 0.15) is 0 Å². The molecule has 2 fully saturated rings. The first-order valence-corrected chi connectivity index (χ1v) is 8.81. The van der Waals surface area contributed by atoms with Crippen LogP contribution in [-0.4, -0.2) is 35.3 Å². The van der Waals surface area contributed by atoms with Gasteiger partial charge in [-0.05, 0) is 30.9 Å². The molecule has 2 aromatic rings. The van der Waals surface area contributed by atoms with Gasteiger partial charge in [0.2, 0.25) is 0 Å². The highest BCUT2D eigenvalue weighted by Crippen LogP contribution is 2.41. The number of fused-ring (bicyclic) bond motifs is 2. The van der Waals surface area contributed by atoms with Gasteiger partial charge < -0.3 is 9.84 Å². The van der Waals surface area contributed by atoms with Crippen molar-refractivity contribution >= 4 is 0 Å². The molecular weight excluding hydrogens is 298 g/mol. The van der Waals surface area contributed by atoms with Gasteiger partial charge in [-0.2, -0.15) is 0 Å². The average molecular weight is 323 g/mol. The Hall–Kier alpha value is -1.68. The van der Waals surface area contributed by atoms with Crippen LogP contribution in [0.5, 0.6) is 0 Å². The van der Waals surface area contributed by atoms with Crippen molar-refractivity contribution in [2.75, 3.05) is 13.2 Å². The van der Waals surface area contributed by atoms with E-state index in [9.17, 15) is 5.11 Å². The lowest BCUT2D eigenvalue weighted by molar-refractivity contribution is -0.149. The van der Waals surface area contributed by atoms with Crippen molar-refractivity contribution in [1.82, 2.24) is 4.90 Å². The highest BCUT2D eigenvalue weighted by molar-refractivity contribution is 5.29. The van der Waals surface area contributed by atoms with Crippen LogP contribution in [0.3, 0.4) is 0 Å². The Morgan fingerprint density at radius 3 is 2.42 bits per heavy atom. The first-order valence-electron chi connectivity index (χ1n) is 8.81. The minimum absolute atomic E-state index is 0.267. The van der Waals surface area contributed by atoms with Crippen molar-refractivity contribution < 1.29 is 9.84 Å². The van der Waals surface area contributed by atoms with Crippen LogP contribution in [0.1, 0.15) is 29.5 Å². The quantitative estimate of drug-likeness (QED) is 0.941. The molecule has 2 atom stereocenters. The Morgan fingerprint density at radius 2 is 1.75 bits per heavy atom. The van der Waals surface area contributed by atoms with E-state index in [0.29, 0.717) is 13.2 Å². The molecule has 2 bridgehead atoms. The van der Waals surface area contributed by atoms with Crippen LogP contribution in [0.4, 0.5) is 0 Å². The second-order valence-electron chi connectivity index (χ2n) is 7.31. The van der Waals surface area contributed by atoms with Gasteiger partial charge >= 0.3 is 0 Å². The van der Waals surface area contributed by atoms with E-state index >= 15 is 0 Å². The zero-order valence-corrected chi connectivity index (χ0v) is 14.2. The predicted octanol–water partition coefficient (Wildman–Crippen LogP) is 3.25. The molecule has 2 unspecified atom stereocenters. The molecule has 0 aliphatic carbocycles. The van der Waals surface area contributed by atoms with Gasteiger partial charge in [0.15, 0.2) is 0 Å². The van der Waals surface area contributed by atoms with E-state index in [1.807, 2.05) is 6.07 Å². The molecule has 24 heavy (non-hydrogen) atoms. The molecule has 0 saturated carbocycles. The minimum Gasteiger partial charge on any atom is -0.385 e. The summed E-state index contributed by atoms with van der Waals surface area (Å²) in [5.74, 6) is 0. The molecule has 3 heteroatoms. The highest BCUT2D eigenvalue weighted by atomic mass is 16.5. The van der Waals surface area contributed by atoms with Crippen molar-refractivity contribution in [3.05, 3.63) is 71.3 Å². The van der Waals surface area contributed by atoms with E-state index in [2.05, 4.69) is 60.4 Å². The van der Waals surface area contributed by atoms with E-state index in [1.165, 1.54) is 11.1 Å². The van der Waals surface area contributed by atoms with Crippen molar-refractivity contribution in [2.24, 2.45) is 0 Å². The first-order chi connectivity index (χ1) is 11.6. The molecule has 3 nitrogen and oxygen atoms in total. The second kappa shape index (κ2) is 6.32. The van der Waals surface area contributed by atoms with Crippen molar-refractivity contribution in [2.45, 2.75) is 44.0 Å². The Bertz CT molecular complexity index is 686. The van der Waals surface area contributed by atoms with E-state index < -0.39 is 5.60 Å². The Labute approximate surface area is 143 Å². The van der Waals surface area contributed by atoms with Crippen molar-refractivity contribution in [3.8, 4) is 0 Å². The Balaban J connectivity index is 1.58. The maximum absolute atomic E-state index is 11.4. The molecule has 2 aliphatic rings. The number of aryl methyl sites for hydroxylation is 1. The van der Waals surface area contributed by atoms with E-state index in [0.717, 1.165) is 24.9 Å². The predicted molar refractivity (Wildman–Crippen MR) is 94.7 cm³/mol. The molecule has 1 N–H and O–H groups in total. The molecule has 2 heterocycles. The zero-order chi connectivity index (χ0) is 16.6. The lowest BCUT2D eigenvalue weighted by atomic mass is 9.76. The first kappa shape index (κ1) is 15.8. The van der Waals surface area contributed by atoms with Gasteiger partial charge in [0.25, 0.3) is 0 Å². The third-order valence-electron chi connectivity index (χ3n) is 5.47. The maximum Gasteiger partial charge on any atom is 0.0928 e. The van der Waals surface area contributed by atoms with Gasteiger partial charge in [0.05, 0.1) is 18.8 Å². The monoisotopic (exact) mass is 323 g/mol. The molecule has 0 amide bonds. The number of hydrogen-bond acceptors (Lipinski definition) is 3. The van der Waals surface area contributed by atoms with Crippen LogP contribution in [0.2, 0.25) is 0 Å². The summed E-state index contributed by atoms with van der Waals surface area (Å²) >= 11 is 0. The number of nitrogens with zero attached hydrogens (tertiary/aromatic N) is 1. The third kappa shape index (κ3) is 3.00. The number of ether oxygens (including phenoxy) is 1. The van der Waals surface area contributed by atoms with E-state index in [1.54, 1.807) is 0 Å². The van der Waals surface area contributed by atoms with Crippen LogP contribution < -0.4 is 0 Å². The summed E-state index contributed by atoms with van der Waals surface area (Å²) < 4.78 is 5.80. The summed E-state index contributed by atoms with van der Waals surface area (Å²) in [6.45, 7) is 4.43. The second-order valence-corrected chi connectivity index (χ2v) is 7.31. The molecule has 0 spiro atoms. The van der Waals surface area contributed by atoms with Crippen LogP contribution in [-0.2, 0) is 16.9 Å². The van der Waals surface area contributed by atoms with Crippen LogP contribution in [0.15, 0.2) is 54.6 Å². The number of aliphatic hydroxyl groups is 1. The molecule has 2 aliphatic heterocycles. The molecule has 0 radical (unpaired) electrons. The molecule has 4 rings (SSSR count). The summed E-state index contributed by atoms with van der Waals surface area (Å²) in [7, 11) is 0. The average Bonchev–Trinajstić information content (AvgIpc) is 2.57. The fourth-order valence-electron chi connectivity index (χ4n) is 4.27. The molecular formula is C21H25NO2. The van der Waals surface area contributed by atoms with Gasteiger partial charge in [0, 0.05) is 18.6 Å². The zero-order valence-electron chi connectivity index (χ0n) is 14.2. The van der Waals surface area contributed by atoms with Gasteiger partial charge in [-0.3, -0.25) is 4.90 Å². The Morgan fingerprint density at radius 1 is 1.04 bits per heavy atom. The Kier molecular flexibility index (Phi) is 4.17. The fraction of sp³-hybridized carbons (Fsp3) is 0.429. The summed E-state index contributed by atoms with van der Waals surface area (Å²) in [5.41, 5.74) is 2.85. The summed E-state index contributed by atoms with van der Waals surface area (Å²) in [6, 6.07) is 19.5. The molecule has 2 aromatic carbocycles. The maximum atomic E-state index is 11.4. The summed E-state index contributed by atoms with van der Waals surface area (Å²) in [6.07, 6.45) is 1.47. The minimum atomic E-state index is -0.738. The van der Waals surface area contributed by atoms with Gasteiger partial charge in [-0.15, -0.1) is 0 Å². The SMILES string of the molecule is Cc1cccc(C2(O)CC3COCC(C2)N3Cc2ccccc2)c1. The largest absolute Gasteiger partial charge is 0.385 e. The number of morpholine rings is 1. The smallest absolute Gasteiger partial charge is 0.0928 e. The number of hydrogen-bond donors (Lipinski definition) is 1. The van der Waals surface area contributed by atoms with E-state index in [4.69, 9.17) is 4.74 Å². The summed E-state index contributed by atoms with van der Waals surface area (Å²) in [5, 5.41) is 11.4. The van der Waals surface area contributed by atoms with Crippen LogP contribution in [0.25, 0.3) is 0 Å². The van der Waals surface area contributed by atoms with Crippen LogP contribution in [0, 0.1) is 6.92 Å². The number of piperidine rings is 1. The lowest BCUT2D eigenvalue weighted by Gasteiger charge is -2.52. The lowest BCUT2D eigenvalue weighted by Crippen LogP contribution is -2.60. The van der Waals surface area contributed by atoms with Crippen LogP contribution >= 0.6 is 0 Å². The highest BCUT2D eigenvalue weighted by Gasteiger charge is 2.46. The molecule has 126 valence electrons. The van der Waals surface area contributed by atoms with Gasteiger partial charge in [-0.1, -0.05) is 60.2 Å². The van der Waals surface area contributed by atoms with E-state index in [-0.39, 0.29) is 12.1 Å². The number of rotatable bonds is 3. The fourth-order valence-corrected chi connectivity index (χ4v) is 4.27. The normalized spacial score (nSPS) is 30.2. The third-order valence-corrected chi connectivity index (χ3v) is 5.47. The summed E-state index contributed by atoms with van der Waals surface area (Å²) in [4.78, 5) is 2.53. The van der Waals surface area contributed by atoms with Crippen molar-refractivity contribution in [1.29, 1.82) is 0 Å². The molecule has 2 saturated heterocycles. The van der Waals surface area contributed by atoms with Gasteiger partial charge in [-0.25, -0.2) is 0 Å². The number of benzene rings is 2. The van der Waals surface area contributed by atoms with Crippen molar-refractivity contribution in [3.63, 3.8) is 0 Å².